The minimum absolute atomic E-state index is 0.0482. The second kappa shape index (κ2) is 11.2. The number of carbonyl (C=O) groups is 2. The number of methoxy groups -OCH3 is 2. The van der Waals surface area contributed by atoms with Gasteiger partial charge in [-0.1, -0.05) is 41.4 Å². The maximum absolute atomic E-state index is 13.5. The first-order valence-electron chi connectivity index (χ1n) is 12.4. The van der Waals surface area contributed by atoms with E-state index in [-0.39, 0.29) is 27.7 Å². The number of benzene rings is 3. The third-order valence-electron chi connectivity index (χ3n) is 6.79. The Hall–Kier alpha value is -3.97. The van der Waals surface area contributed by atoms with Crippen molar-refractivity contribution < 1.29 is 24.2 Å². The average Bonchev–Trinajstić information content (AvgIpc) is 3.19. The molecule has 1 heterocycles. The van der Waals surface area contributed by atoms with Crippen LogP contribution in [0, 0.1) is 6.92 Å². The normalized spacial score (nSPS) is 16.6. The third-order valence-corrected chi connectivity index (χ3v) is 7.08. The van der Waals surface area contributed by atoms with E-state index >= 15 is 0 Å². The van der Waals surface area contributed by atoms with Crippen molar-refractivity contribution in [3.8, 4) is 11.5 Å². The molecular formula is C30H31ClN2O5. The Morgan fingerprint density at radius 1 is 0.974 bits per heavy atom. The SMILES string of the molecule is CCN(CC)c1ccc(N2C(=O)C(=O)/C(=C(/O)c3cc(Cl)c(OC)cc3OC)C2c2cccc(C)c2)cc1. The van der Waals surface area contributed by atoms with E-state index in [0.717, 1.165) is 24.3 Å². The summed E-state index contributed by atoms with van der Waals surface area (Å²) in [5.41, 5.74) is 3.35. The van der Waals surface area contributed by atoms with Gasteiger partial charge in [0, 0.05) is 30.5 Å². The van der Waals surface area contributed by atoms with Crippen LogP contribution >= 0.6 is 11.6 Å². The highest BCUT2D eigenvalue weighted by Gasteiger charge is 2.47. The van der Waals surface area contributed by atoms with Crippen LogP contribution in [0.1, 0.15) is 36.6 Å². The van der Waals surface area contributed by atoms with Crippen LogP contribution in [0.15, 0.2) is 66.2 Å². The number of nitrogens with zero attached hydrogens (tertiary/aromatic N) is 2. The molecule has 0 radical (unpaired) electrons. The van der Waals surface area contributed by atoms with Gasteiger partial charge in [-0.15, -0.1) is 0 Å². The molecule has 0 spiro atoms. The first-order chi connectivity index (χ1) is 18.2. The predicted molar refractivity (Wildman–Crippen MR) is 151 cm³/mol. The molecule has 1 unspecified atom stereocenters. The zero-order chi connectivity index (χ0) is 27.6. The van der Waals surface area contributed by atoms with Crippen LogP contribution < -0.4 is 19.3 Å². The first kappa shape index (κ1) is 27.1. The molecule has 0 aliphatic carbocycles. The van der Waals surface area contributed by atoms with Gasteiger partial charge in [0.2, 0.25) is 0 Å². The second-order valence-corrected chi connectivity index (χ2v) is 9.37. The highest BCUT2D eigenvalue weighted by molar-refractivity contribution is 6.51. The lowest BCUT2D eigenvalue weighted by Gasteiger charge is -2.27. The summed E-state index contributed by atoms with van der Waals surface area (Å²) < 4.78 is 10.7. The zero-order valence-electron chi connectivity index (χ0n) is 22.1. The van der Waals surface area contributed by atoms with Gasteiger partial charge in [-0.3, -0.25) is 14.5 Å². The van der Waals surface area contributed by atoms with Gasteiger partial charge in [-0.05, 0) is 56.7 Å². The molecule has 1 aliphatic heterocycles. The van der Waals surface area contributed by atoms with E-state index in [4.69, 9.17) is 21.1 Å². The van der Waals surface area contributed by atoms with Crippen molar-refractivity contribution in [2.24, 2.45) is 0 Å². The summed E-state index contributed by atoms with van der Waals surface area (Å²) in [6, 6.07) is 17.2. The lowest BCUT2D eigenvalue weighted by Crippen LogP contribution is -2.29. The Balaban J connectivity index is 1.93. The average molecular weight is 535 g/mol. The Bertz CT molecular complexity index is 1400. The molecule has 1 amide bonds. The first-order valence-corrected chi connectivity index (χ1v) is 12.8. The van der Waals surface area contributed by atoms with E-state index in [2.05, 4.69) is 18.7 Å². The van der Waals surface area contributed by atoms with Crippen LogP contribution in [-0.4, -0.2) is 44.1 Å². The number of rotatable bonds is 8. The molecule has 1 saturated heterocycles. The summed E-state index contributed by atoms with van der Waals surface area (Å²) >= 11 is 6.36. The fourth-order valence-corrected chi connectivity index (χ4v) is 5.10. The molecule has 1 N–H and O–H groups in total. The van der Waals surface area contributed by atoms with Crippen molar-refractivity contribution >= 4 is 40.4 Å². The maximum atomic E-state index is 13.5. The monoisotopic (exact) mass is 534 g/mol. The number of aryl methyl sites for hydroxylation is 1. The summed E-state index contributed by atoms with van der Waals surface area (Å²) in [7, 11) is 2.91. The summed E-state index contributed by atoms with van der Waals surface area (Å²) in [6.07, 6.45) is 0. The van der Waals surface area contributed by atoms with Gasteiger partial charge in [0.1, 0.15) is 17.3 Å². The second-order valence-electron chi connectivity index (χ2n) is 8.96. The van der Waals surface area contributed by atoms with Crippen LogP contribution in [0.5, 0.6) is 11.5 Å². The molecule has 3 aromatic rings. The Morgan fingerprint density at radius 2 is 1.63 bits per heavy atom. The van der Waals surface area contributed by atoms with Crippen molar-refractivity contribution in [3.05, 3.63) is 87.9 Å². The zero-order valence-corrected chi connectivity index (χ0v) is 22.9. The van der Waals surface area contributed by atoms with Crippen molar-refractivity contribution in [1.82, 2.24) is 0 Å². The molecule has 1 fully saturated rings. The Morgan fingerprint density at radius 3 is 2.21 bits per heavy atom. The maximum Gasteiger partial charge on any atom is 0.300 e. The quantitative estimate of drug-likeness (QED) is 0.212. The summed E-state index contributed by atoms with van der Waals surface area (Å²) in [4.78, 5) is 30.7. The number of hydrogen-bond acceptors (Lipinski definition) is 6. The van der Waals surface area contributed by atoms with Gasteiger partial charge in [0.05, 0.1) is 36.4 Å². The number of Topliss-reactive ketones (excluding diaryl/α,β-unsaturated/α-hetero) is 1. The van der Waals surface area contributed by atoms with Crippen molar-refractivity contribution in [3.63, 3.8) is 0 Å². The molecule has 0 aromatic heterocycles. The minimum atomic E-state index is -0.861. The van der Waals surface area contributed by atoms with E-state index in [1.54, 1.807) is 0 Å². The predicted octanol–water partition coefficient (Wildman–Crippen LogP) is 6.14. The Labute approximate surface area is 227 Å². The third kappa shape index (κ3) is 4.82. The highest BCUT2D eigenvalue weighted by Crippen LogP contribution is 2.45. The van der Waals surface area contributed by atoms with Crippen LogP contribution in [0.3, 0.4) is 0 Å². The standard InChI is InChI=1S/C30H31ClN2O5/c1-6-32(7-2)20-11-13-21(14-12-20)33-27(19-10-8-9-18(3)15-19)26(29(35)30(33)36)28(34)22-16-23(31)25(38-5)17-24(22)37-4/h8-17,27,34H,6-7H2,1-5H3/b28-26+. The molecule has 0 saturated carbocycles. The lowest BCUT2D eigenvalue weighted by molar-refractivity contribution is -0.132. The van der Waals surface area contributed by atoms with E-state index in [1.807, 2.05) is 55.5 Å². The summed E-state index contributed by atoms with van der Waals surface area (Å²) in [5.74, 6) is -1.30. The number of hydrogen-bond donors (Lipinski definition) is 1. The van der Waals surface area contributed by atoms with Gasteiger partial charge < -0.3 is 19.5 Å². The smallest absolute Gasteiger partial charge is 0.300 e. The summed E-state index contributed by atoms with van der Waals surface area (Å²) in [6.45, 7) is 7.77. The molecule has 1 atom stereocenters. The Kier molecular flexibility index (Phi) is 7.97. The fourth-order valence-electron chi connectivity index (χ4n) is 4.86. The molecular weight excluding hydrogens is 504 g/mol. The number of amides is 1. The van der Waals surface area contributed by atoms with Gasteiger partial charge in [0.25, 0.3) is 11.7 Å². The van der Waals surface area contributed by atoms with Crippen molar-refractivity contribution in [2.45, 2.75) is 26.8 Å². The van der Waals surface area contributed by atoms with Gasteiger partial charge >= 0.3 is 0 Å². The van der Waals surface area contributed by atoms with E-state index in [1.165, 1.54) is 31.3 Å². The number of anilines is 2. The molecule has 8 heteroatoms. The number of aliphatic hydroxyl groups is 1. The number of ketones is 1. The van der Waals surface area contributed by atoms with Crippen molar-refractivity contribution in [2.75, 3.05) is 37.1 Å². The largest absolute Gasteiger partial charge is 0.507 e. The fraction of sp³-hybridized carbons (Fsp3) is 0.267. The number of carbonyl (C=O) groups excluding carboxylic acids is 2. The van der Waals surface area contributed by atoms with E-state index < -0.39 is 17.7 Å². The van der Waals surface area contributed by atoms with Crippen molar-refractivity contribution in [1.29, 1.82) is 0 Å². The van der Waals surface area contributed by atoms with E-state index in [0.29, 0.717) is 17.0 Å². The van der Waals surface area contributed by atoms with Gasteiger partial charge in [-0.25, -0.2) is 0 Å². The number of halogens is 1. The molecule has 198 valence electrons. The van der Waals surface area contributed by atoms with Gasteiger partial charge in [-0.2, -0.15) is 0 Å². The number of aliphatic hydroxyl groups excluding tert-OH is 1. The molecule has 3 aromatic carbocycles. The van der Waals surface area contributed by atoms with Crippen LogP contribution in [0.4, 0.5) is 11.4 Å². The van der Waals surface area contributed by atoms with Gasteiger partial charge in [0.15, 0.2) is 0 Å². The topological polar surface area (TPSA) is 79.3 Å². The highest BCUT2D eigenvalue weighted by atomic mass is 35.5. The van der Waals surface area contributed by atoms with Crippen LogP contribution in [0.2, 0.25) is 5.02 Å². The molecule has 1 aliphatic rings. The molecule has 7 nitrogen and oxygen atoms in total. The molecule has 0 bridgehead atoms. The molecule has 38 heavy (non-hydrogen) atoms. The molecule has 4 rings (SSSR count). The summed E-state index contributed by atoms with van der Waals surface area (Å²) in [5, 5.41) is 11.8. The van der Waals surface area contributed by atoms with E-state index in [9.17, 15) is 14.7 Å². The lowest BCUT2D eigenvalue weighted by atomic mass is 9.94. The van der Waals surface area contributed by atoms with Crippen LogP contribution in [-0.2, 0) is 9.59 Å². The minimum Gasteiger partial charge on any atom is -0.507 e. The number of ether oxygens (including phenoxy) is 2. The van der Waals surface area contributed by atoms with Crippen LogP contribution in [0.25, 0.3) is 5.76 Å².